The molecule has 0 atom stereocenters. The summed E-state index contributed by atoms with van der Waals surface area (Å²) >= 11 is 3.32. The average Bonchev–Trinajstić information content (AvgIpc) is 2.74. The number of benzene rings is 3. The molecule has 148 valence electrons. The van der Waals surface area contributed by atoms with Crippen LogP contribution in [0, 0.1) is 0 Å². The van der Waals surface area contributed by atoms with E-state index in [9.17, 15) is 13.2 Å². The summed E-state index contributed by atoms with van der Waals surface area (Å²) in [6.07, 6.45) is 0. The summed E-state index contributed by atoms with van der Waals surface area (Å²) in [5.74, 6) is -0.128. The van der Waals surface area contributed by atoms with E-state index in [1.165, 1.54) is 13.1 Å². The van der Waals surface area contributed by atoms with E-state index in [0.717, 1.165) is 15.1 Å². The molecule has 4 rings (SSSR count). The van der Waals surface area contributed by atoms with E-state index in [1.54, 1.807) is 30.3 Å². The first-order valence-corrected chi connectivity index (χ1v) is 11.6. The molecule has 7 heteroatoms. The van der Waals surface area contributed by atoms with Crippen molar-refractivity contribution in [2.75, 3.05) is 19.0 Å². The number of hydrogen-bond acceptors (Lipinski definition) is 4. The third-order valence-corrected chi connectivity index (χ3v) is 6.99. The fourth-order valence-corrected chi connectivity index (χ4v) is 4.97. The molecule has 0 spiro atoms. The third kappa shape index (κ3) is 3.34. The number of sulfonamides is 1. The van der Waals surface area contributed by atoms with E-state index < -0.39 is 15.8 Å². The van der Waals surface area contributed by atoms with Crippen molar-refractivity contribution in [2.24, 2.45) is 0 Å². The largest absolute Gasteiger partial charge is 0.490 e. The van der Waals surface area contributed by atoms with Gasteiger partial charge in [-0.25, -0.2) is 8.42 Å². The van der Waals surface area contributed by atoms with Crippen LogP contribution in [0.3, 0.4) is 0 Å². The van der Waals surface area contributed by atoms with Crippen LogP contribution in [0.2, 0.25) is 0 Å². The SMILES string of the molecule is CN1C(C(=O)c2ccc3ccccc3c2)=C(OCCBr)c2ccccc2S1(=O)=O. The summed E-state index contributed by atoms with van der Waals surface area (Å²) in [6, 6.07) is 19.6. The summed E-state index contributed by atoms with van der Waals surface area (Å²) in [7, 11) is -2.47. The van der Waals surface area contributed by atoms with Crippen molar-refractivity contribution in [1.29, 1.82) is 0 Å². The average molecular weight is 472 g/mol. The molecule has 3 aromatic rings. The van der Waals surface area contributed by atoms with E-state index >= 15 is 0 Å². The second-order valence-corrected chi connectivity index (χ2v) is 9.31. The molecule has 0 unspecified atom stereocenters. The van der Waals surface area contributed by atoms with Crippen molar-refractivity contribution < 1.29 is 17.9 Å². The highest BCUT2D eigenvalue weighted by Crippen LogP contribution is 2.38. The summed E-state index contributed by atoms with van der Waals surface area (Å²) < 4.78 is 33.0. The molecule has 0 fully saturated rings. The summed E-state index contributed by atoms with van der Waals surface area (Å²) in [5.41, 5.74) is 0.815. The molecular formula is C22H18BrNO4S. The van der Waals surface area contributed by atoms with Gasteiger partial charge in [-0.3, -0.25) is 9.10 Å². The molecule has 1 heterocycles. The van der Waals surface area contributed by atoms with Crippen LogP contribution in [0.5, 0.6) is 0 Å². The maximum absolute atomic E-state index is 13.5. The Balaban J connectivity index is 1.93. The number of allylic oxidation sites excluding steroid dienone is 1. The Morgan fingerprint density at radius 3 is 2.45 bits per heavy atom. The normalized spacial score (nSPS) is 15.3. The molecule has 29 heavy (non-hydrogen) atoms. The van der Waals surface area contributed by atoms with Crippen LogP contribution in [0.4, 0.5) is 0 Å². The van der Waals surface area contributed by atoms with Crippen LogP contribution in [0.15, 0.2) is 77.3 Å². The zero-order chi connectivity index (χ0) is 20.6. The number of ether oxygens (including phenoxy) is 1. The van der Waals surface area contributed by atoms with Crippen LogP contribution in [0.25, 0.3) is 16.5 Å². The quantitative estimate of drug-likeness (QED) is 0.407. The molecule has 0 aliphatic carbocycles. The molecule has 3 aromatic carbocycles. The minimum absolute atomic E-state index is 0.0138. The monoisotopic (exact) mass is 471 g/mol. The smallest absolute Gasteiger partial charge is 0.265 e. The van der Waals surface area contributed by atoms with Crippen molar-refractivity contribution in [3.05, 3.63) is 83.6 Å². The molecule has 1 aliphatic heterocycles. The molecular weight excluding hydrogens is 454 g/mol. The zero-order valence-electron chi connectivity index (χ0n) is 15.6. The number of fused-ring (bicyclic) bond motifs is 2. The van der Waals surface area contributed by atoms with Gasteiger partial charge in [0, 0.05) is 23.5 Å². The van der Waals surface area contributed by atoms with Crippen molar-refractivity contribution in [1.82, 2.24) is 4.31 Å². The summed E-state index contributed by atoms with van der Waals surface area (Å²) in [6.45, 7) is 0.298. The minimum atomic E-state index is -3.86. The van der Waals surface area contributed by atoms with Gasteiger partial charge in [0.2, 0.25) is 5.78 Å². The predicted molar refractivity (Wildman–Crippen MR) is 116 cm³/mol. The lowest BCUT2D eigenvalue weighted by molar-refractivity contribution is 0.101. The fourth-order valence-electron chi connectivity index (χ4n) is 3.42. The molecule has 0 amide bonds. The van der Waals surface area contributed by atoms with E-state index in [2.05, 4.69) is 15.9 Å². The highest BCUT2D eigenvalue weighted by atomic mass is 79.9. The highest BCUT2D eigenvalue weighted by Gasteiger charge is 2.38. The predicted octanol–water partition coefficient (Wildman–Crippen LogP) is 4.44. The Kier molecular flexibility index (Phi) is 5.19. The van der Waals surface area contributed by atoms with E-state index in [4.69, 9.17) is 4.74 Å². The van der Waals surface area contributed by atoms with Crippen molar-refractivity contribution in [3.8, 4) is 0 Å². The van der Waals surface area contributed by atoms with Crippen LogP contribution in [-0.4, -0.2) is 37.5 Å². The number of likely N-dealkylation sites (N-methyl/N-ethyl adjacent to an activating group) is 1. The Bertz CT molecular complexity index is 1250. The number of rotatable bonds is 5. The van der Waals surface area contributed by atoms with Gasteiger partial charge in [0.1, 0.15) is 5.70 Å². The van der Waals surface area contributed by atoms with Crippen molar-refractivity contribution >= 4 is 48.3 Å². The molecule has 0 aromatic heterocycles. The standard InChI is InChI=1S/C22H18BrNO4S/c1-24-20(21(25)17-11-10-15-6-2-3-7-16(15)14-17)22(28-13-12-23)18-8-4-5-9-19(18)29(24,26)27/h2-11,14H,12-13H2,1H3. The number of hydrogen-bond donors (Lipinski definition) is 0. The van der Waals surface area contributed by atoms with Gasteiger partial charge in [0.05, 0.1) is 11.5 Å². The van der Waals surface area contributed by atoms with Gasteiger partial charge in [0.25, 0.3) is 10.0 Å². The topological polar surface area (TPSA) is 63.7 Å². The van der Waals surface area contributed by atoms with Crippen molar-refractivity contribution in [2.45, 2.75) is 4.90 Å². The van der Waals surface area contributed by atoms with E-state index in [-0.39, 0.29) is 16.4 Å². The maximum atomic E-state index is 13.5. The Labute approximate surface area is 177 Å². The van der Waals surface area contributed by atoms with Gasteiger partial charge >= 0.3 is 0 Å². The summed E-state index contributed by atoms with van der Waals surface area (Å²) in [5, 5.41) is 2.46. The molecule has 0 saturated carbocycles. The number of halogens is 1. The van der Waals surface area contributed by atoms with Crippen molar-refractivity contribution in [3.63, 3.8) is 0 Å². The van der Waals surface area contributed by atoms with Gasteiger partial charge < -0.3 is 4.74 Å². The molecule has 0 bridgehead atoms. The Morgan fingerprint density at radius 1 is 1.00 bits per heavy atom. The lowest BCUT2D eigenvalue weighted by atomic mass is 10.0. The number of carbonyl (C=O) groups is 1. The second kappa shape index (κ2) is 7.65. The van der Waals surface area contributed by atoms with Crippen LogP contribution < -0.4 is 0 Å². The Hall–Kier alpha value is -2.64. The maximum Gasteiger partial charge on any atom is 0.265 e. The molecule has 5 nitrogen and oxygen atoms in total. The van der Waals surface area contributed by atoms with E-state index in [0.29, 0.717) is 23.1 Å². The second-order valence-electron chi connectivity index (χ2n) is 6.57. The Morgan fingerprint density at radius 2 is 1.69 bits per heavy atom. The third-order valence-electron chi connectivity index (χ3n) is 4.85. The first-order chi connectivity index (χ1) is 13.9. The number of ketones is 1. The first kappa shape index (κ1) is 19.7. The lowest BCUT2D eigenvalue weighted by Gasteiger charge is -2.30. The number of nitrogens with zero attached hydrogens (tertiary/aromatic N) is 1. The van der Waals surface area contributed by atoms with E-state index in [1.807, 2.05) is 30.3 Å². The minimum Gasteiger partial charge on any atom is -0.490 e. The van der Waals surface area contributed by atoms with Gasteiger partial charge in [-0.2, -0.15) is 0 Å². The van der Waals surface area contributed by atoms with Crippen LogP contribution >= 0.6 is 15.9 Å². The highest BCUT2D eigenvalue weighted by molar-refractivity contribution is 9.09. The number of Topliss-reactive ketones (excluding diaryl/α,β-unsaturated/α-hetero) is 1. The molecule has 0 radical (unpaired) electrons. The summed E-state index contributed by atoms with van der Waals surface area (Å²) in [4.78, 5) is 13.6. The van der Waals surface area contributed by atoms with Gasteiger partial charge in [-0.15, -0.1) is 0 Å². The molecule has 0 saturated heterocycles. The number of alkyl halides is 1. The van der Waals surface area contributed by atoms with Crippen LogP contribution in [0.1, 0.15) is 15.9 Å². The van der Waals surface area contributed by atoms with Gasteiger partial charge in [-0.1, -0.05) is 64.5 Å². The van der Waals surface area contributed by atoms with Crippen LogP contribution in [-0.2, 0) is 14.8 Å². The lowest BCUT2D eigenvalue weighted by Crippen LogP contribution is -2.35. The first-order valence-electron chi connectivity index (χ1n) is 9.00. The fraction of sp³-hybridized carbons (Fsp3) is 0.136. The molecule has 0 N–H and O–H groups in total. The number of carbonyl (C=O) groups excluding carboxylic acids is 1. The van der Waals surface area contributed by atoms with Gasteiger partial charge in [-0.05, 0) is 29.0 Å². The zero-order valence-corrected chi connectivity index (χ0v) is 18.0. The van der Waals surface area contributed by atoms with Gasteiger partial charge in [0.15, 0.2) is 5.76 Å². The molecule has 1 aliphatic rings.